The van der Waals surface area contributed by atoms with Crippen molar-refractivity contribution in [2.75, 3.05) is 26.8 Å². The highest BCUT2D eigenvalue weighted by molar-refractivity contribution is 5.05. The fraction of sp³-hybridized carbons (Fsp3) is 0.727. The number of hydrogen-bond acceptors (Lipinski definition) is 4. The van der Waals surface area contributed by atoms with Crippen LogP contribution in [-0.4, -0.2) is 47.0 Å². The predicted octanol–water partition coefficient (Wildman–Crippen LogP) is -0.0303. The summed E-state index contributed by atoms with van der Waals surface area (Å²) in [5.41, 5.74) is 7.11. The number of nitrogens with two attached hydrogens (primary N) is 1. The van der Waals surface area contributed by atoms with Gasteiger partial charge in [0.2, 0.25) is 0 Å². The molecule has 90 valence electrons. The maximum absolute atomic E-state index is 5.89. The third kappa shape index (κ3) is 2.11. The summed E-state index contributed by atoms with van der Waals surface area (Å²) in [6, 6.07) is 0. The van der Waals surface area contributed by atoms with E-state index < -0.39 is 0 Å². The molecule has 5 heteroatoms. The second-order valence-electron chi connectivity index (χ2n) is 4.61. The molecule has 0 saturated carbocycles. The molecule has 1 saturated heterocycles. The SMILES string of the molecule is CN(Cc1cnn(C)c1)C1(CN)CCOC1. The third-order valence-electron chi connectivity index (χ3n) is 3.45. The van der Waals surface area contributed by atoms with Gasteiger partial charge in [0.1, 0.15) is 0 Å². The maximum Gasteiger partial charge on any atom is 0.0663 e. The van der Waals surface area contributed by atoms with Crippen LogP contribution in [0.15, 0.2) is 12.4 Å². The van der Waals surface area contributed by atoms with Crippen LogP contribution in [0.25, 0.3) is 0 Å². The van der Waals surface area contributed by atoms with Crippen molar-refractivity contribution in [3.05, 3.63) is 18.0 Å². The molecule has 1 fully saturated rings. The van der Waals surface area contributed by atoms with Gasteiger partial charge in [0.05, 0.1) is 18.3 Å². The molecule has 0 aromatic carbocycles. The number of rotatable bonds is 4. The largest absolute Gasteiger partial charge is 0.379 e. The molecule has 0 bridgehead atoms. The molecule has 2 N–H and O–H groups in total. The van der Waals surface area contributed by atoms with Gasteiger partial charge >= 0.3 is 0 Å². The minimum Gasteiger partial charge on any atom is -0.379 e. The van der Waals surface area contributed by atoms with Gasteiger partial charge in [0.15, 0.2) is 0 Å². The van der Waals surface area contributed by atoms with Gasteiger partial charge in [-0.05, 0) is 13.5 Å². The molecular formula is C11H20N4O. The van der Waals surface area contributed by atoms with Gasteiger partial charge in [-0.3, -0.25) is 9.58 Å². The van der Waals surface area contributed by atoms with Crippen molar-refractivity contribution in [2.45, 2.75) is 18.5 Å². The maximum atomic E-state index is 5.89. The van der Waals surface area contributed by atoms with Crippen LogP contribution in [0.5, 0.6) is 0 Å². The standard InChI is InChI=1S/C11H20N4O/c1-14(6-10-5-13-15(2)7-10)11(8-12)3-4-16-9-11/h5,7H,3-4,6,8-9,12H2,1-2H3. The first-order chi connectivity index (χ1) is 7.66. The molecule has 5 nitrogen and oxygen atoms in total. The van der Waals surface area contributed by atoms with Crippen molar-refractivity contribution in [1.29, 1.82) is 0 Å². The van der Waals surface area contributed by atoms with Crippen LogP contribution in [0.4, 0.5) is 0 Å². The molecule has 0 aliphatic carbocycles. The molecule has 0 radical (unpaired) electrons. The Kier molecular flexibility index (Phi) is 3.28. The molecule has 1 aliphatic heterocycles. The van der Waals surface area contributed by atoms with Crippen LogP contribution >= 0.6 is 0 Å². The number of ether oxygens (including phenoxy) is 1. The molecule has 2 heterocycles. The van der Waals surface area contributed by atoms with Crippen LogP contribution in [0, 0.1) is 0 Å². The van der Waals surface area contributed by atoms with Gasteiger partial charge in [0, 0.05) is 38.5 Å². The Bertz CT molecular complexity index is 344. The van der Waals surface area contributed by atoms with Gasteiger partial charge in [0.25, 0.3) is 0 Å². The van der Waals surface area contributed by atoms with Gasteiger partial charge in [-0.2, -0.15) is 5.10 Å². The molecular weight excluding hydrogens is 204 g/mol. The van der Waals surface area contributed by atoms with Crippen LogP contribution in [0.3, 0.4) is 0 Å². The van der Waals surface area contributed by atoms with Crippen LogP contribution in [0.1, 0.15) is 12.0 Å². The van der Waals surface area contributed by atoms with E-state index in [0.717, 1.165) is 26.2 Å². The average Bonchev–Trinajstić information content (AvgIpc) is 2.88. The number of aromatic nitrogens is 2. The predicted molar refractivity (Wildman–Crippen MR) is 61.9 cm³/mol. The monoisotopic (exact) mass is 224 g/mol. The Morgan fingerprint density at radius 3 is 3.00 bits per heavy atom. The molecule has 16 heavy (non-hydrogen) atoms. The van der Waals surface area contributed by atoms with E-state index in [9.17, 15) is 0 Å². The van der Waals surface area contributed by atoms with E-state index in [1.165, 1.54) is 5.56 Å². The first kappa shape index (κ1) is 11.6. The quantitative estimate of drug-likeness (QED) is 0.780. The Labute approximate surface area is 96.2 Å². The lowest BCUT2D eigenvalue weighted by Gasteiger charge is -2.36. The van der Waals surface area contributed by atoms with E-state index in [4.69, 9.17) is 10.5 Å². The minimum absolute atomic E-state index is 0.00976. The summed E-state index contributed by atoms with van der Waals surface area (Å²) in [4.78, 5) is 2.29. The minimum atomic E-state index is 0.00976. The Balaban J connectivity index is 2.03. The molecule has 1 unspecified atom stereocenters. The molecule has 0 amide bonds. The second-order valence-corrected chi connectivity index (χ2v) is 4.61. The summed E-state index contributed by atoms with van der Waals surface area (Å²) in [7, 11) is 4.04. The highest BCUT2D eigenvalue weighted by atomic mass is 16.5. The molecule has 1 aromatic heterocycles. The highest BCUT2D eigenvalue weighted by Gasteiger charge is 2.37. The summed E-state index contributed by atoms with van der Waals surface area (Å²) in [6.45, 7) is 3.06. The normalized spacial score (nSPS) is 25.5. The number of hydrogen-bond donors (Lipinski definition) is 1. The summed E-state index contributed by atoms with van der Waals surface area (Å²) in [5.74, 6) is 0. The zero-order chi connectivity index (χ0) is 11.6. The number of aryl methyl sites for hydroxylation is 1. The first-order valence-corrected chi connectivity index (χ1v) is 5.63. The van der Waals surface area contributed by atoms with Crippen molar-refractivity contribution >= 4 is 0 Å². The van der Waals surface area contributed by atoms with Crippen LogP contribution in [0.2, 0.25) is 0 Å². The van der Waals surface area contributed by atoms with Gasteiger partial charge in [-0.1, -0.05) is 0 Å². The summed E-state index contributed by atoms with van der Waals surface area (Å²) < 4.78 is 7.30. The summed E-state index contributed by atoms with van der Waals surface area (Å²) >= 11 is 0. The van der Waals surface area contributed by atoms with Crippen LogP contribution in [-0.2, 0) is 18.3 Å². The van der Waals surface area contributed by atoms with Crippen molar-refractivity contribution in [3.63, 3.8) is 0 Å². The van der Waals surface area contributed by atoms with Gasteiger partial charge in [-0.25, -0.2) is 0 Å². The van der Waals surface area contributed by atoms with Crippen molar-refractivity contribution in [3.8, 4) is 0 Å². The topological polar surface area (TPSA) is 56.3 Å². The third-order valence-corrected chi connectivity index (χ3v) is 3.45. The lowest BCUT2D eigenvalue weighted by atomic mass is 9.96. The first-order valence-electron chi connectivity index (χ1n) is 5.63. The fourth-order valence-electron chi connectivity index (χ4n) is 2.21. The Morgan fingerprint density at radius 2 is 2.50 bits per heavy atom. The average molecular weight is 224 g/mol. The molecule has 1 aliphatic rings. The summed E-state index contributed by atoms with van der Waals surface area (Å²) in [5, 5.41) is 4.17. The van der Waals surface area contributed by atoms with Crippen molar-refractivity contribution in [2.24, 2.45) is 12.8 Å². The van der Waals surface area contributed by atoms with Gasteiger partial charge in [-0.15, -0.1) is 0 Å². The number of nitrogens with zero attached hydrogens (tertiary/aromatic N) is 3. The Morgan fingerprint density at radius 1 is 1.69 bits per heavy atom. The molecule has 0 spiro atoms. The van der Waals surface area contributed by atoms with Crippen LogP contribution < -0.4 is 5.73 Å². The second kappa shape index (κ2) is 4.53. The van der Waals surface area contributed by atoms with Crippen molar-refractivity contribution in [1.82, 2.24) is 14.7 Å². The zero-order valence-electron chi connectivity index (χ0n) is 10.0. The molecule has 2 rings (SSSR count). The zero-order valence-corrected chi connectivity index (χ0v) is 10.0. The molecule has 1 atom stereocenters. The van der Waals surface area contributed by atoms with E-state index in [0.29, 0.717) is 6.54 Å². The lowest BCUT2D eigenvalue weighted by Crippen LogP contribution is -2.52. The highest BCUT2D eigenvalue weighted by Crippen LogP contribution is 2.25. The van der Waals surface area contributed by atoms with E-state index in [-0.39, 0.29) is 5.54 Å². The smallest absolute Gasteiger partial charge is 0.0663 e. The Hall–Kier alpha value is -0.910. The molecule has 1 aromatic rings. The van der Waals surface area contributed by atoms with Gasteiger partial charge < -0.3 is 10.5 Å². The van der Waals surface area contributed by atoms with E-state index in [1.54, 1.807) is 0 Å². The fourth-order valence-corrected chi connectivity index (χ4v) is 2.21. The number of likely N-dealkylation sites (N-methyl/N-ethyl adjacent to an activating group) is 1. The van der Waals surface area contributed by atoms with E-state index in [1.807, 2.05) is 24.1 Å². The van der Waals surface area contributed by atoms with Crippen molar-refractivity contribution < 1.29 is 4.74 Å². The summed E-state index contributed by atoms with van der Waals surface area (Å²) in [6.07, 6.45) is 4.95. The van der Waals surface area contributed by atoms with E-state index >= 15 is 0 Å². The lowest BCUT2D eigenvalue weighted by molar-refractivity contribution is 0.0882. The van der Waals surface area contributed by atoms with E-state index in [2.05, 4.69) is 17.0 Å².